The lowest BCUT2D eigenvalue weighted by molar-refractivity contribution is -0.141. The fourth-order valence-electron chi connectivity index (χ4n) is 4.09. The molecule has 0 heterocycles. The average molecular weight is 491 g/mol. The fourth-order valence-corrected chi connectivity index (χ4v) is 4.32. The van der Waals surface area contributed by atoms with Crippen LogP contribution in [0, 0.1) is 6.92 Å². The minimum atomic E-state index is -0.620. The van der Waals surface area contributed by atoms with E-state index in [-0.39, 0.29) is 24.3 Å². The predicted octanol–water partition coefficient (Wildman–Crippen LogP) is 6.14. The summed E-state index contributed by atoms with van der Waals surface area (Å²) in [5, 5.41) is 3.76. The number of amides is 2. The lowest BCUT2D eigenvalue weighted by Crippen LogP contribution is -2.52. The van der Waals surface area contributed by atoms with Gasteiger partial charge in [-0.25, -0.2) is 0 Å². The first-order valence-electron chi connectivity index (χ1n) is 12.3. The molecule has 3 aromatic carbocycles. The van der Waals surface area contributed by atoms with Crippen molar-refractivity contribution in [2.24, 2.45) is 0 Å². The summed E-state index contributed by atoms with van der Waals surface area (Å²) >= 11 is 6.34. The van der Waals surface area contributed by atoms with E-state index in [0.717, 1.165) is 28.7 Å². The van der Waals surface area contributed by atoms with Crippen LogP contribution in [0.2, 0.25) is 5.02 Å². The van der Waals surface area contributed by atoms with E-state index in [1.807, 2.05) is 93.6 Å². The van der Waals surface area contributed by atoms with Crippen molar-refractivity contribution < 1.29 is 9.59 Å². The number of benzene rings is 3. The summed E-state index contributed by atoms with van der Waals surface area (Å²) in [4.78, 5) is 29.0. The molecular weight excluding hydrogens is 456 g/mol. The lowest BCUT2D eigenvalue weighted by atomic mass is 10.0. The van der Waals surface area contributed by atoms with Gasteiger partial charge in [-0.3, -0.25) is 9.59 Å². The molecule has 0 aliphatic carbocycles. The molecule has 0 bridgehead atoms. The molecule has 4 nitrogen and oxygen atoms in total. The zero-order valence-electron chi connectivity index (χ0n) is 20.8. The van der Waals surface area contributed by atoms with Gasteiger partial charge < -0.3 is 10.2 Å². The van der Waals surface area contributed by atoms with E-state index in [4.69, 9.17) is 11.6 Å². The van der Waals surface area contributed by atoms with Crippen molar-refractivity contribution in [3.63, 3.8) is 0 Å². The van der Waals surface area contributed by atoms with Gasteiger partial charge in [0.05, 0.1) is 0 Å². The number of halogens is 1. The van der Waals surface area contributed by atoms with Gasteiger partial charge >= 0.3 is 0 Å². The zero-order valence-corrected chi connectivity index (χ0v) is 21.6. The van der Waals surface area contributed by atoms with E-state index < -0.39 is 6.04 Å². The van der Waals surface area contributed by atoms with Crippen LogP contribution in [0.15, 0.2) is 78.9 Å². The Balaban J connectivity index is 1.92. The molecule has 0 aliphatic rings. The van der Waals surface area contributed by atoms with Gasteiger partial charge in [0.25, 0.3) is 0 Å². The Labute approximate surface area is 214 Å². The minimum Gasteiger partial charge on any atom is -0.352 e. The van der Waals surface area contributed by atoms with E-state index in [2.05, 4.69) is 11.4 Å². The van der Waals surface area contributed by atoms with Crippen LogP contribution in [0.4, 0.5) is 0 Å². The van der Waals surface area contributed by atoms with Gasteiger partial charge in [-0.15, -0.1) is 0 Å². The molecule has 0 aliphatic heterocycles. The highest BCUT2D eigenvalue weighted by Gasteiger charge is 2.30. The Morgan fingerprint density at radius 3 is 2.31 bits per heavy atom. The van der Waals surface area contributed by atoms with Crippen molar-refractivity contribution in [3.8, 4) is 0 Å². The SMILES string of the molecule is CC[C@@H](C)NC(=O)[C@@H](Cc1ccccc1)N(Cc1cccc(C)c1)C(=O)CCc1ccccc1Cl. The van der Waals surface area contributed by atoms with Crippen LogP contribution in [-0.2, 0) is 29.0 Å². The molecule has 35 heavy (non-hydrogen) atoms. The number of aryl methyl sites for hydroxylation is 2. The summed E-state index contributed by atoms with van der Waals surface area (Å²) in [6.07, 6.45) is 2.07. The van der Waals surface area contributed by atoms with Crippen LogP contribution in [0.5, 0.6) is 0 Å². The Hall–Kier alpha value is -3.11. The Morgan fingerprint density at radius 1 is 0.943 bits per heavy atom. The molecule has 0 saturated heterocycles. The molecular formula is C30H35ClN2O2. The maximum absolute atomic E-state index is 13.7. The summed E-state index contributed by atoms with van der Waals surface area (Å²) in [7, 11) is 0. The van der Waals surface area contributed by atoms with Gasteiger partial charge in [-0.05, 0) is 49.4 Å². The molecule has 5 heteroatoms. The maximum atomic E-state index is 13.7. The molecule has 3 rings (SSSR count). The Kier molecular flexibility index (Phi) is 9.92. The van der Waals surface area contributed by atoms with Crippen molar-refractivity contribution in [2.45, 2.75) is 65.1 Å². The van der Waals surface area contributed by atoms with Gasteiger partial charge in [-0.2, -0.15) is 0 Å². The van der Waals surface area contributed by atoms with E-state index in [1.54, 1.807) is 4.90 Å². The predicted molar refractivity (Wildman–Crippen MR) is 143 cm³/mol. The number of hydrogen-bond acceptors (Lipinski definition) is 2. The highest BCUT2D eigenvalue weighted by Crippen LogP contribution is 2.20. The lowest BCUT2D eigenvalue weighted by Gasteiger charge is -2.32. The van der Waals surface area contributed by atoms with Gasteiger partial charge in [0.15, 0.2) is 0 Å². The van der Waals surface area contributed by atoms with Crippen LogP contribution in [0.3, 0.4) is 0 Å². The third-order valence-corrected chi connectivity index (χ3v) is 6.64. The number of rotatable bonds is 11. The van der Waals surface area contributed by atoms with Crippen LogP contribution < -0.4 is 5.32 Å². The normalized spacial score (nSPS) is 12.6. The highest BCUT2D eigenvalue weighted by atomic mass is 35.5. The Morgan fingerprint density at radius 2 is 1.63 bits per heavy atom. The summed E-state index contributed by atoms with van der Waals surface area (Å²) in [5.41, 5.74) is 4.08. The van der Waals surface area contributed by atoms with Crippen LogP contribution in [-0.4, -0.2) is 28.8 Å². The van der Waals surface area contributed by atoms with E-state index >= 15 is 0 Å². The second-order valence-corrected chi connectivity index (χ2v) is 9.53. The van der Waals surface area contributed by atoms with Crippen molar-refractivity contribution in [1.82, 2.24) is 10.2 Å². The molecule has 0 unspecified atom stereocenters. The molecule has 3 aromatic rings. The van der Waals surface area contributed by atoms with Crippen LogP contribution in [0.25, 0.3) is 0 Å². The zero-order chi connectivity index (χ0) is 25.2. The molecule has 0 saturated carbocycles. The average Bonchev–Trinajstić information content (AvgIpc) is 2.86. The van der Waals surface area contributed by atoms with E-state index in [1.165, 1.54) is 0 Å². The molecule has 0 radical (unpaired) electrons. The van der Waals surface area contributed by atoms with Gasteiger partial charge in [0, 0.05) is 30.5 Å². The highest BCUT2D eigenvalue weighted by molar-refractivity contribution is 6.31. The molecule has 2 atom stereocenters. The van der Waals surface area contributed by atoms with Gasteiger partial charge in [0.1, 0.15) is 6.04 Å². The first-order valence-corrected chi connectivity index (χ1v) is 12.7. The molecule has 0 fully saturated rings. The van der Waals surface area contributed by atoms with E-state index in [9.17, 15) is 9.59 Å². The topological polar surface area (TPSA) is 49.4 Å². The van der Waals surface area contributed by atoms with Crippen molar-refractivity contribution in [1.29, 1.82) is 0 Å². The van der Waals surface area contributed by atoms with Crippen LogP contribution in [0.1, 0.15) is 48.9 Å². The van der Waals surface area contributed by atoms with Crippen molar-refractivity contribution in [2.75, 3.05) is 0 Å². The van der Waals surface area contributed by atoms with Gasteiger partial charge in [-0.1, -0.05) is 96.9 Å². The summed E-state index contributed by atoms with van der Waals surface area (Å²) in [5.74, 6) is -0.186. The molecule has 2 amide bonds. The molecule has 1 N–H and O–H groups in total. The molecule has 184 valence electrons. The number of carbonyl (C=O) groups excluding carboxylic acids is 2. The second-order valence-electron chi connectivity index (χ2n) is 9.13. The third-order valence-electron chi connectivity index (χ3n) is 6.27. The standard InChI is InChI=1S/C30H35ClN2O2/c1-4-23(3)32-30(35)28(20-24-12-6-5-7-13-24)33(21-25-14-10-11-22(2)19-25)29(34)18-17-26-15-8-9-16-27(26)31/h5-16,19,23,28H,4,17-18,20-21H2,1-3H3,(H,32,35)/t23-,28-/m1/s1. The molecule has 0 spiro atoms. The quantitative estimate of drug-likeness (QED) is 0.351. The smallest absolute Gasteiger partial charge is 0.243 e. The number of carbonyl (C=O) groups is 2. The number of nitrogens with zero attached hydrogens (tertiary/aromatic N) is 1. The monoisotopic (exact) mass is 490 g/mol. The first-order chi connectivity index (χ1) is 16.9. The maximum Gasteiger partial charge on any atom is 0.243 e. The largest absolute Gasteiger partial charge is 0.352 e. The molecule has 0 aromatic heterocycles. The second kappa shape index (κ2) is 13.1. The summed E-state index contributed by atoms with van der Waals surface area (Å²) in [6, 6.07) is 25.0. The third kappa shape index (κ3) is 7.97. The van der Waals surface area contributed by atoms with Gasteiger partial charge in [0.2, 0.25) is 11.8 Å². The van der Waals surface area contributed by atoms with Crippen molar-refractivity contribution in [3.05, 3.63) is 106 Å². The number of hydrogen-bond donors (Lipinski definition) is 1. The summed E-state index contributed by atoms with van der Waals surface area (Å²) in [6.45, 7) is 6.43. The number of nitrogens with one attached hydrogen (secondary N) is 1. The van der Waals surface area contributed by atoms with E-state index in [0.29, 0.717) is 24.4 Å². The van der Waals surface area contributed by atoms with Crippen molar-refractivity contribution >= 4 is 23.4 Å². The summed E-state index contributed by atoms with van der Waals surface area (Å²) < 4.78 is 0. The van der Waals surface area contributed by atoms with Crippen LogP contribution >= 0.6 is 11.6 Å². The minimum absolute atomic E-state index is 0.0276. The first kappa shape index (κ1) is 26.5. The Bertz CT molecular complexity index is 1120. The fraction of sp³-hybridized carbons (Fsp3) is 0.333.